The molecule has 2 aromatic carbocycles. The fourth-order valence-corrected chi connectivity index (χ4v) is 2.27. The second-order valence-electron chi connectivity index (χ2n) is 6.12. The molecule has 0 aliphatic carbocycles. The first kappa shape index (κ1) is 25.5. The third kappa shape index (κ3) is 8.06. The smallest absolute Gasteiger partial charge is 0.313 e. The number of halogens is 5. The van der Waals surface area contributed by atoms with Crippen LogP contribution in [0, 0.1) is 29.1 Å². The summed E-state index contributed by atoms with van der Waals surface area (Å²) >= 11 is 0. The highest BCUT2D eigenvalue weighted by Gasteiger charge is 2.28. The lowest BCUT2D eigenvalue weighted by Gasteiger charge is -2.09. The Morgan fingerprint density at radius 1 is 0.625 bits per heavy atom. The Morgan fingerprint density at radius 2 is 1.09 bits per heavy atom. The monoisotopic (exact) mass is 464 g/mol. The van der Waals surface area contributed by atoms with Crippen LogP contribution in [0.2, 0.25) is 0 Å². The second kappa shape index (κ2) is 13.6. The molecule has 0 amide bonds. The number of para-hydroxylation sites is 1. The van der Waals surface area contributed by atoms with Gasteiger partial charge in [-0.25, -0.2) is 13.2 Å². The van der Waals surface area contributed by atoms with Gasteiger partial charge in [0.2, 0.25) is 34.8 Å². The third-order valence-corrected chi connectivity index (χ3v) is 3.82. The van der Waals surface area contributed by atoms with Crippen molar-refractivity contribution in [3.63, 3.8) is 0 Å². The van der Waals surface area contributed by atoms with E-state index in [1.807, 2.05) is 30.3 Å². The van der Waals surface area contributed by atoms with Crippen molar-refractivity contribution in [1.29, 1.82) is 0 Å². The molecule has 32 heavy (non-hydrogen) atoms. The molecule has 0 aromatic heterocycles. The van der Waals surface area contributed by atoms with E-state index in [1.54, 1.807) is 0 Å². The van der Waals surface area contributed by atoms with Crippen molar-refractivity contribution < 1.29 is 50.4 Å². The van der Waals surface area contributed by atoms with E-state index < -0.39 is 47.2 Å². The Morgan fingerprint density at radius 3 is 1.66 bits per heavy atom. The molecule has 6 nitrogen and oxygen atoms in total. The molecular weight excluding hydrogens is 443 g/mol. The normalized spacial score (nSPS) is 10.9. The first-order valence-electron chi connectivity index (χ1n) is 9.55. The SMILES string of the molecule is O=C(CCOCCOCCOCCOc1ccccc1)Oc1c(F)c(F)c(F)c(F)c1F. The van der Waals surface area contributed by atoms with Crippen LogP contribution in [-0.2, 0) is 19.0 Å². The van der Waals surface area contributed by atoms with Gasteiger partial charge in [-0.2, -0.15) is 8.78 Å². The Bertz CT molecular complexity index is 836. The number of hydrogen-bond acceptors (Lipinski definition) is 6. The standard InChI is InChI=1S/C21H21F5O6/c22-16-17(23)19(25)21(20(26)18(16)24)32-15(27)6-7-28-8-9-29-10-11-30-12-13-31-14-4-2-1-3-5-14/h1-5H,6-13H2. The van der Waals surface area contributed by atoms with Gasteiger partial charge in [0.1, 0.15) is 12.4 Å². The van der Waals surface area contributed by atoms with E-state index in [-0.39, 0.29) is 19.8 Å². The molecule has 2 aromatic rings. The summed E-state index contributed by atoms with van der Waals surface area (Å²) in [7, 11) is 0. The lowest BCUT2D eigenvalue weighted by Crippen LogP contribution is -2.16. The minimum absolute atomic E-state index is 0.104. The molecule has 176 valence electrons. The number of ether oxygens (including phenoxy) is 5. The number of benzene rings is 2. The summed E-state index contributed by atoms with van der Waals surface area (Å²) in [5, 5.41) is 0. The average molecular weight is 464 g/mol. The van der Waals surface area contributed by atoms with Crippen molar-refractivity contribution in [2.75, 3.05) is 46.2 Å². The Hall–Kier alpha value is -2.76. The van der Waals surface area contributed by atoms with Gasteiger partial charge >= 0.3 is 5.97 Å². The quantitative estimate of drug-likeness (QED) is 0.106. The summed E-state index contributed by atoms with van der Waals surface area (Å²) in [5.41, 5.74) is 0. The van der Waals surface area contributed by atoms with Gasteiger partial charge in [-0.15, -0.1) is 0 Å². The van der Waals surface area contributed by atoms with Gasteiger partial charge in [-0.1, -0.05) is 18.2 Å². The first-order valence-corrected chi connectivity index (χ1v) is 9.55. The zero-order valence-corrected chi connectivity index (χ0v) is 16.9. The molecule has 0 aliphatic rings. The van der Waals surface area contributed by atoms with E-state index in [0.29, 0.717) is 26.4 Å². The van der Waals surface area contributed by atoms with Crippen molar-refractivity contribution in [3.8, 4) is 11.5 Å². The van der Waals surface area contributed by atoms with Crippen LogP contribution in [0.15, 0.2) is 30.3 Å². The van der Waals surface area contributed by atoms with Crippen molar-refractivity contribution >= 4 is 5.97 Å². The molecule has 11 heteroatoms. The van der Waals surface area contributed by atoms with Crippen molar-refractivity contribution in [2.24, 2.45) is 0 Å². The van der Waals surface area contributed by atoms with Crippen LogP contribution < -0.4 is 9.47 Å². The zero-order valence-electron chi connectivity index (χ0n) is 16.9. The predicted molar refractivity (Wildman–Crippen MR) is 101 cm³/mol. The number of esters is 1. The van der Waals surface area contributed by atoms with Crippen LogP contribution >= 0.6 is 0 Å². The van der Waals surface area contributed by atoms with Crippen molar-refractivity contribution in [1.82, 2.24) is 0 Å². The van der Waals surface area contributed by atoms with Crippen molar-refractivity contribution in [3.05, 3.63) is 59.4 Å². The van der Waals surface area contributed by atoms with Crippen LogP contribution in [0.25, 0.3) is 0 Å². The van der Waals surface area contributed by atoms with E-state index in [1.165, 1.54) is 0 Å². The fraction of sp³-hybridized carbons (Fsp3) is 0.381. The summed E-state index contributed by atoms with van der Waals surface area (Å²) in [6, 6.07) is 9.28. The second-order valence-corrected chi connectivity index (χ2v) is 6.12. The molecule has 2 rings (SSSR count). The summed E-state index contributed by atoms with van der Waals surface area (Å²) in [4.78, 5) is 11.5. The van der Waals surface area contributed by atoms with Crippen LogP contribution in [-0.4, -0.2) is 52.2 Å². The minimum Gasteiger partial charge on any atom is -0.491 e. The van der Waals surface area contributed by atoms with Gasteiger partial charge in [0.25, 0.3) is 0 Å². The summed E-state index contributed by atoms with van der Waals surface area (Å²) in [5.74, 6) is -13.3. The lowest BCUT2D eigenvalue weighted by atomic mass is 10.2. The molecule has 0 radical (unpaired) electrons. The highest BCUT2D eigenvalue weighted by atomic mass is 19.2. The minimum atomic E-state index is -2.34. The summed E-state index contributed by atoms with van der Waals surface area (Å²) in [6.07, 6.45) is -0.468. The molecular formula is C21H21F5O6. The summed E-state index contributed by atoms with van der Waals surface area (Å²) < 4.78 is 91.3. The van der Waals surface area contributed by atoms with Crippen molar-refractivity contribution in [2.45, 2.75) is 6.42 Å². The predicted octanol–water partition coefficient (Wildman–Crippen LogP) is 3.81. The lowest BCUT2D eigenvalue weighted by molar-refractivity contribution is -0.136. The highest BCUT2D eigenvalue weighted by molar-refractivity contribution is 5.72. The molecule has 0 spiro atoms. The molecule has 0 saturated heterocycles. The highest BCUT2D eigenvalue weighted by Crippen LogP contribution is 2.29. The average Bonchev–Trinajstić information content (AvgIpc) is 2.80. The molecule has 0 bridgehead atoms. The van der Waals surface area contributed by atoms with E-state index in [9.17, 15) is 26.7 Å². The first-order chi connectivity index (χ1) is 15.4. The van der Waals surface area contributed by atoms with Crippen LogP contribution in [0.4, 0.5) is 22.0 Å². The maximum Gasteiger partial charge on any atom is 0.313 e. The van der Waals surface area contributed by atoms with Crippen LogP contribution in [0.5, 0.6) is 11.5 Å². The number of rotatable bonds is 14. The Labute approximate surface area is 180 Å². The van der Waals surface area contributed by atoms with Crippen LogP contribution in [0.1, 0.15) is 6.42 Å². The molecule has 0 atom stereocenters. The Balaban J connectivity index is 1.49. The van der Waals surface area contributed by atoms with E-state index in [2.05, 4.69) is 4.74 Å². The number of hydrogen-bond donors (Lipinski definition) is 0. The Kier molecular flexibility index (Phi) is 10.8. The number of carbonyl (C=O) groups is 1. The van der Waals surface area contributed by atoms with Gasteiger partial charge in [-0.3, -0.25) is 4.79 Å². The van der Waals surface area contributed by atoms with Gasteiger partial charge in [0, 0.05) is 0 Å². The van der Waals surface area contributed by atoms with E-state index in [0.717, 1.165) is 5.75 Å². The van der Waals surface area contributed by atoms with Gasteiger partial charge in [-0.05, 0) is 12.1 Å². The molecule has 0 fully saturated rings. The number of carbonyl (C=O) groups excluding carboxylic acids is 1. The van der Waals surface area contributed by atoms with E-state index in [4.69, 9.17) is 18.9 Å². The van der Waals surface area contributed by atoms with Gasteiger partial charge < -0.3 is 23.7 Å². The van der Waals surface area contributed by atoms with E-state index >= 15 is 0 Å². The molecule has 0 saturated carbocycles. The molecule has 0 aliphatic heterocycles. The fourth-order valence-electron chi connectivity index (χ4n) is 2.27. The van der Waals surface area contributed by atoms with Crippen LogP contribution in [0.3, 0.4) is 0 Å². The molecule has 0 unspecified atom stereocenters. The maximum atomic E-state index is 13.4. The van der Waals surface area contributed by atoms with Gasteiger partial charge in [0.05, 0.1) is 46.1 Å². The largest absolute Gasteiger partial charge is 0.491 e. The molecule has 0 N–H and O–H groups in total. The maximum absolute atomic E-state index is 13.4. The van der Waals surface area contributed by atoms with Gasteiger partial charge in [0.15, 0.2) is 0 Å². The topological polar surface area (TPSA) is 63.2 Å². The third-order valence-electron chi connectivity index (χ3n) is 3.82. The summed E-state index contributed by atoms with van der Waals surface area (Å²) in [6.45, 7) is 1.52. The zero-order chi connectivity index (χ0) is 23.3. The molecule has 0 heterocycles.